The first-order valence-corrected chi connectivity index (χ1v) is 12.6. The van der Waals surface area contributed by atoms with E-state index in [0.717, 1.165) is 0 Å². The molecule has 0 saturated carbocycles. The minimum absolute atomic E-state index is 0.0992. The van der Waals surface area contributed by atoms with Crippen molar-refractivity contribution >= 4 is 34.4 Å². The molecule has 14 nitrogen and oxygen atoms in total. The summed E-state index contributed by atoms with van der Waals surface area (Å²) in [6.45, 7) is 2.90. The number of aryl methyl sites for hydroxylation is 1. The van der Waals surface area contributed by atoms with Gasteiger partial charge in [-0.05, 0) is 24.3 Å². The Balaban J connectivity index is 1.16. The van der Waals surface area contributed by atoms with E-state index in [1.54, 1.807) is 35.9 Å². The maximum atomic E-state index is 14.7. The van der Waals surface area contributed by atoms with Crippen LogP contribution in [-0.2, 0) is 18.4 Å². The summed E-state index contributed by atoms with van der Waals surface area (Å²) >= 11 is 0. The van der Waals surface area contributed by atoms with Crippen molar-refractivity contribution in [1.82, 2.24) is 33.6 Å². The van der Waals surface area contributed by atoms with Crippen molar-refractivity contribution in [2.24, 2.45) is 7.05 Å². The molecular formula is C25H26FN9O5. The summed E-state index contributed by atoms with van der Waals surface area (Å²) < 4.78 is 29.6. The summed E-state index contributed by atoms with van der Waals surface area (Å²) in [6, 6.07) is 7.82. The number of carboxylic acid groups (broad SMARTS) is 1. The summed E-state index contributed by atoms with van der Waals surface area (Å²) in [6.07, 6.45) is 1.52. The Labute approximate surface area is 225 Å². The number of halogens is 1. The van der Waals surface area contributed by atoms with E-state index in [4.69, 9.17) is 20.0 Å². The first-order valence-electron chi connectivity index (χ1n) is 12.6. The Bertz CT molecular complexity index is 1770. The monoisotopic (exact) mass is 551 g/mol. The second-order valence-electron chi connectivity index (χ2n) is 9.41. The van der Waals surface area contributed by atoms with Gasteiger partial charge in [-0.2, -0.15) is 9.50 Å². The molecule has 0 spiro atoms. The number of nitrogens with two attached hydrogens (primary N) is 1. The van der Waals surface area contributed by atoms with Crippen LogP contribution in [0.3, 0.4) is 0 Å². The molecule has 208 valence electrons. The summed E-state index contributed by atoms with van der Waals surface area (Å²) in [7, 11) is 1.66. The number of hydrogen-bond donors (Lipinski definition) is 2. The summed E-state index contributed by atoms with van der Waals surface area (Å²) in [5.74, 6) is -0.529. The number of nitrogens with zero attached hydrogens (tertiary/aromatic N) is 8. The maximum Gasteiger partial charge on any atom is 0.341 e. The Morgan fingerprint density at radius 1 is 1.15 bits per heavy atom. The topological polar surface area (TPSA) is 162 Å². The molecule has 5 heterocycles. The van der Waals surface area contributed by atoms with Crippen molar-refractivity contribution in [2.75, 3.05) is 50.0 Å². The van der Waals surface area contributed by atoms with Crippen LogP contribution in [0.25, 0.3) is 28.4 Å². The van der Waals surface area contributed by atoms with Gasteiger partial charge in [0.05, 0.1) is 12.0 Å². The van der Waals surface area contributed by atoms with E-state index in [1.807, 2.05) is 4.90 Å². The molecule has 4 aromatic heterocycles. The zero-order valence-corrected chi connectivity index (χ0v) is 21.5. The van der Waals surface area contributed by atoms with Crippen LogP contribution in [0.2, 0.25) is 0 Å². The number of anilines is 2. The molecule has 40 heavy (non-hydrogen) atoms. The van der Waals surface area contributed by atoms with Crippen molar-refractivity contribution < 1.29 is 23.4 Å². The fourth-order valence-corrected chi connectivity index (χ4v) is 4.93. The van der Waals surface area contributed by atoms with Crippen molar-refractivity contribution in [3.05, 3.63) is 52.9 Å². The van der Waals surface area contributed by atoms with E-state index in [-0.39, 0.29) is 17.4 Å². The molecule has 6 rings (SSSR count). The van der Waals surface area contributed by atoms with Crippen molar-refractivity contribution in [3.63, 3.8) is 0 Å². The van der Waals surface area contributed by atoms with E-state index in [0.29, 0.717) is 73.4 Å². The van der Waals surface area contributed by atoms with Gasteiger partial charge in [0.15, 0.2) is 23.7 Å². The SMILES string of the molecule is Cn1c(=O)n(CCN2CCN(c3ccc(OCC(=O)O)cc3F)CC2)c2nc(N)n3nc(-c4ccco4)nc3c21. The van der Waals surface area contributed by atoms with Crippen LogP contribution in [-0.4, -0.2) is 84.0 Å². The van der Waals surface area contributed by atoms with Crippen LogP contribution in [0.5, 0.6) is 5.75 Å². The van der Waals surface area contributed by atoms with Crippen LogP contribution < -0.4 is 21.1 Å². The number of imidazole rings is 1. The highest BCUT2D eigenvalue weighted by Crippen LogP contribution is 2.26. The molecule has 1 aliphatic rings. The number of aliphatic carboxylic acids is 1. The quantitative estimate of drug-likeness (QED) is 0.283. The van der Waals surface area contributed by atoms with Crippen LogP contribution in [0, 0.1) is 5.82 Å². The molecule has 1 aliphatic heterocycles. The molecule has 0 atom stereocenters. The molecule has 0 aliphatic carbocycles. The van der Waals surface area contributed by atoms with Crippen molar-refractivity contribution in [1.29, 1.82) is 0 Å². The highest BCUT2D eigenvalue weighted by atomic mass is 19.1. The highest BCUT2D eigenvalue weighted by molar-refractivity contribution is 5.88. The number of benzene rings is 1. The fraction of sp³-hybridized carbons (Fsp3) is 0.320. The van der Waals surface area contributed by atoms with Gasteiger partial charge in [0.2, 0.25) is 11.8 Å². The summed E-state index contributed by atoms with van der Waals surface area (Å²) in [5, 5.41) is 13.1. The molecule has 0 bridgehead atoms. The molecule has 1 aromatic carbocycles. The van der Waals surface area contributed by atoms with Gasteiger partial charge < -0.3 is 24.9 Å². The van der Waals surface area contributed by atoms with Gasteiger partial charge in [-0.3, -0.25) is 14.0 Å². The number of aromatic nitrogens is 6. The van der Waals surface area contributed by atoms with Gasteiger partial charge in [-0.25, -0.2) is 19.0 Å². The Morgan fingerprint density at radius 2 is 1.95 bits per heavy atom. The van der Waals surface area contributed by atoms with Crippen molar-refractivity contribution in [3.8, 4) is 17.3 Å². The van der Waals surface area contributed by atoms with E-state index in [1.165, 1.54) is 21.4 Å². The number of ether oxygens (including phenoxy) is 1. The third-order valence-electron chi connectivity index (χ3n) is 6.95. The minimum Gasteiger partial charge on any atom is -0.482 e. The molecule has 3 N–H and O–H groups in total. The number of furan rings is 1. The molecule has 0 unspecified atom stereocenters. The average Bonchev–Trinajstić information content (AvgIpc) is 3.67. The number of carboxylic acids is 1. The van der Waals surface area contributed by atoms with Gasteiger partial charge in [0.25, 0.3) is 0 Å². The Kier molecular flexibility index (Phi) is 6.34. The average molecular weight is 552 g/mol. The molecular weight excluding hydrogens is 525 g/mol. The lowest BCUT2D eigenvalue weighted by molar-refractivity contribution is -0.139. The number of piperazine rings is 1. The van der Waals surface area contributed by atoms with Gasteiger partial charge >= 0.3 is 11.7 Å². The third-order valence-corrected chi connectivity index (χ3v) is 6.95. The molecule has 15 heteroatoms. The standard InChI is InChI=1S/C25H26FN9O5/c1-31-20-22(29-24(27)35-23(20)28-21(30-35)18-3-2-12-39-18)34(25(31)38)11-8-32-6-9-33(10-7-32)17-5-4-15(13-16(17)26)40-14-19(36)37/h2-5,12-13H,6-11,14H2,1H3,(H2,27,29)(H,36,37). The van der Waals surface area contributed by atoms with Gasteiger partial charge in [0.1, 0.15) is 17.1 Å². The first-order chi connectivity index (χ1) is 19.3. The van der Waals surface area contributed by atoms with Crippen LogP contribution >= 0.6 is 0 Å². The minimum atomic E-state index is -1.13. The molecule has 0 amide bonds. The van der Waals surface area contributed by atoms with E-state index in [2.05, 4.69) is 20.0 Å². The van der Waals surface area contributed by atoms with E-state index < -0.39 is 18.4 Å². The Hall–Kier alpha value is -4.92. The fourth-order valence-electron chi connectivity index (χ4n) is 4.93. The lowest BCUT2D eigenvalue weighted by Crippen LogP contribution is -2.47. The van der Waals surface area contributed by atoms with Crippen LogP contribution in [0.15, 0.2) is 45.8 Å². The van der Waals surface area contributed by atoms with Crippen LogP contribution in [0.4, 0.5) is 16.0 Å². The van der Waals surface area contributed by atoms with Gasteiger partial charge in [-0.1, -0.05) is 0 Å². The smallest absolute Gasteiger partial charge is 0.341 e. The number of hydrogen-bond acceptors (Lipinski definition) is 10. The van der Waals surface area contributed by atoms with Crippen molar-refractivity contribution in [2.45, 2.75) is 6.54 Å². The maximum absolute atomic E-state index is 14.7. The first kappa shape index (κ1) is 25.4. The predicted octanol–water partition coefficient (Wildman–Crippen LogP) is 1.04. The summed E-state index contributed by atoms with van der Waals surface area (Å²) in [5.41, 5.74) is 7.71. The lowest BCUT2D eigenvalue weighted by Gasteiger charge is -2.36. The third kappa shape index (κ3) is 4.49. The lowest BCUT2D eigenvalue weighted by atomic mass is 10.2. The predicted molar refractivity (Wildman–Crippen MR) is 142 cm³/mol. The normalized spacial score (nSPS) is 14.4. The largest absolute Gasteiger partial charge is 0.482 e. The molecule has 5 aromatic rings. The molecule has 1 fully saturated rings. The highest BCUT2D eigenvalue weighted by Gasteiger charge is 2.23. The zero-order valence-electron chi connectivity index (χ0n) is 21.5. The van der Waals surface area contributed by atoms with E-state index in [9.17, 15) is 14.0 Å². The second kappa shape index (κ2) is 10.00. The Morgan fingerprint density at radius 3 is 2.65 bits per heavy atom. The number of carbonyl (C=O) groups is 1. The van der Waals surface area contributed by atoms with E-state index >= 15 is 0 Å². The molecule has 1 saturated heterocycles. The summed E-state index contributed by atoms with van der Waals surface area (Å²) in [4.78, 5) is 37.0. The van der Waals surface area contributed by atoms with Gasteiger partial charge in [0, 0.05) is 52.4 Å². The second-order valence-corrected chi connectivity index (χ2v) is 9.41. The number of nitrogen functional groups attached to an aromatic ring is 1. The zero-order chi connectivity index (χ0) is 28.0. The molecule has 0 radical (unpaired) electrons. The van der Waals surface area contributed by atoms with Gasteiger partial charge in [-0.15, -0.1) is 5.10 Å². The number of fused-ring (bicyclic) bond motifs is 3. The number of rotatable bonds is 8. The van der Waals surface area contributed by atoms with Crippen LogP contribution in [0.1, 0.15) is 0 Å².